The molecule has 0 atom stereocenters. The fraction of sp³-hybridized carbons (Fsp3) is 0.143. The van der Waals surface area contributed by atoms with Gasteiger partial charge in [0.1, 0.15) is 10.6 Å². The zero-order valence-corrected chi connectivity index (χ0v) is 13.5. The molecule has 21 heavy (non-hydrogen) atoms. The molecule has 0 aromatic heterocycles. The molecule has 0 spiro atoms. The Morgan fingerprint density at radius 1 is 1.14 bits per heavy atom. The number of rotatable bonds is 5. The second kappa shape index (κ2) is 6.46. The van der Waals surface area contributed by atoms with Crippen LogP contribution in [-0.4, -0.2) is 20.1 Å². The molecule has 5 nitrogen and oxygen atoms in total. The summed E-state index contributed by atoms with van der Waals surface area (Å²) in [5.74, 6) is 0.182. The van der Waals surface area contributed by atoms with Gasteiger partial charge in [0, 0.05) is 11.0 Å². The Morgan fingerprint density at radius 3 is 2.43 bits per heavy atom. The van der Waals surface area contributed by atoms with E-state index in [1.54, 1.807) is 36.4 Å². The molecule has 0 unspecified atom stereocenters. The smallest absolute Gasteiger partial charge is 0.242 e. The summed E-state index contributed by atoms with van der Waals surface area (Å²) in [5.41, 5.74) is 6.86. The van der Waals surface area contributed by atoms with E-state index in [4.69, 9.17) is 5.73 Å². The van der Waals surface area contributed by atoms with Gasteiger partial charge in [-0.3, -0.25) is 0 Å². The number of benzene rings is 2. The Balaban J connectivity index is 2.03. The van der Waals surface area contributed by atoms with Gasteiger partial charge < -0.3 is 10.8 Å². The van der Waals surface area contributed by atoms with E-state index in [9.17, 15) is 13.5 Å². The first-order valence-corrected chi connectivity index (χ1v) is 8.49. The highest BCUT2D eigenvalue weighted by molar-refractivity contribution is 9.10. The van der Waals surface area contributed by atoms with Crippen LogP contribution in [0.3, 0.4) is 0 Å². The summed E-state index contributed by atoms with van der Waals surface area (Å²) in [4.78, 5) is 0.0661. The predicted octanol–water partition coefficient (Wildman–Crippen LogP) is 2.26. The molecule has 2 aromatic rings. The molecule has 0 saturated heterocycles. The van der Waals surface area contributed by atoms with Crippen molar-refractivity contribution in [3.8, 4) is 5.75 Å². The molecule has 0 saturated carbocycles. The second-order valence-electron chi connectivity index (χ2n) is 4.50. The number of hydrogen-bond donors (Lipinski definition) is 3. The van der Waals surface area contributed by atoms with Crippen molar-refractivity contribution in [1.29, 1.82) is 0 Å². The molecule has 2 aromatic carbocycles. The Kier molecular flexibility index (Phi) is 4.87. The third kappa shape index (κ3) is 4.20. The van der Waals surface area contributed by atoms with Gasteiger partial charge in [-0.1, -0.05) is 28.1 Å². The molecule has 7 heteroatoms. The van der Waals surface area contributed by atoms with Gasteiger partial charge in [-0.2, -0.15) is 0 Å². The van der Waals surface area contributed by atoms with Gasteiger partial charge in [0.2, 0.25) is 10.0 Å². The number of halogens is 1. The number of aromatic hydroxyl groups is 1. The molecule has 0 amide bonds. The van der Waals surface area contributed by atoms with Crippen molar-refractivity contribution in [3.63, 3.8) is 0 Å². The highest BCUT2D eigenvalue weighted by Crippen LogP contribution is 2.22. The summed E-state index contributed by atoms with van der Waals surface area (Å²) in [5, 5.41) is 9.18. The summed E-state index contributed by atoms with van der Waals surface area (Å²) in [6.45, 7) is 0.253. The molecular formula is C14H15BrN2O3S. The lowest BCUT2D eigenvalue weighted by molar-refractivity contribution is 0.475. The molecule has 2 rings (SSSR count). The highest BCUT2D eigenvalue weighted by atomic mass is 79.9. The van der Waals surface area contributed by atoms with Crippen LogP contribution in [0.5, 0.6) is 5.75 Å². The van der Waals surface area contributed by atoms with E-state index in [1.807, 2.05) is 0 Å². The van der Waals surface area contributed by atoms with Crippen LogP contribution in [-0.2, 0) is 16.4 Å². The summed E-state index contributed by atoms with van der Waals surface area (Å²) in [6.07, 6.45) is 0.524. The fourth-order valence-corrected chi connectivity index (χ4v) is 3.36. The van der Waals surface area contributed by atoms with Crippen LogP contribution in [0.15, 0.2) is 51.8 Å². The molecule has 0 aliphatic carbocycles. The van der Waals surface area contributed by atoms with Gasteiger partial charge in [0.25, 0.3) is 0 Å². The van der Waals surface area contributed by atoms with Crippen LogP contribution in [0.2, 0.25) is 0 Å². The molecule has 4 N–H and O–H groups in total. The zero-order chi connectivity index (χ0) is 15.5. The predicted molar refractivity (Wildman–Crippen MR) is 85.6 cm³/mol. The number of anilines is 1. The normalized spacial score (nSPS) is 11.5. The second-order valence-corrected chi connectivity index (χ2v) is 7.15. The van der Waals surface area contributed by atoms with Crippen molar-refractivity contribution >= 4 is 31.6 Å². The molecule has 112 valence electrons. The molecule has 0 heterocycles. The van der Waals surface area contributed by atoms with Gasteiger partial charge in [0.05, 0.1) is 5.69 Å². The van der Waals surface area contributed by atoms with Crippen molar-refractivity contribution in [2.75, 3.05) is 12.3 Å². The maximum Gasteiger partial charge on any atom is 0.242 e. The average molecular weight is 371 g/mol. The molecular weight excluding hydrogens is 356 g/mol. The average Bonchev–Trinajstić information content (AvgIpc) is 2.40. The minimum absolute atomic E-state index is 0.0661. The molecule has 0 fully saturated rings. The topological polar surface area (TPSA) is 92.4 Å². The molecule has 0 bridgehead atoms. The quantitative estimate of drug-likeness (QED) is 0.703. The summed E-state index contributed by atoms with van der Waals surface area (Å²) in [6, 6.07) is 11.3. The lowest BCUT2D eigenvalue weighted by atomic mass is 10.1. The zero-order valence-electron chi connectivity index (χ0n) is 11.1. The Hall–Kier alpha value is -1.57. The van der Waals surface area contributed by atoms with E-state index in [2.05, 4.69) is 20.7 Å². The SMILES string of the molecule is Nc1cc(Br)ccc1S(=O)(=O)NCCc1ccc(O)cc1. The van der Waals surface area contributed by atoms with Crippen LogP contribution < -0.4 is 10.5 Å². The Morgan fingerprint density at radius 2 is 1.81 bits per heavy atom. The number of nitrogens with one attached hydrogen (secondary N) is 1. The Labute approximate surface area is 132 Å². The summed E-state index contributed by atoms with van der Waals surface area (Å²) in [7, 11) is -3.63. The number of nitrogens with two attached hydrogens (primary N) is 1. The number of phenolic OH excluding ortho intramolecular Hbond substituents is 1. The summed E-state index contributed by atoms with van der Waals surface area (Å²) >= 11 is 3.24. The fourth-order valence-electron chi connectivity index (χ4n) is 1.83. The van der Waals surface area contributed by atoms with E-state index >= 15 is 0 Å². The summed E-state index contributed by atoms with van der Waals surface area (Å²) < 4.78 is 27.6. The van der Waals surface area contributed by atoms with E-state index < -0.39 is 10.0 Å². The number of hydrogen-bond acceptors (Lipinski definition) is 4. The van der Waals surface area contributed by atoms with E-state index in [1.165, 1.54) is 6.07 Å². The first kappa shape index (κ1) is 15.8. The van der Waals surface area contributed by atoms with Crippen molar-refractivity contribution < 1.29 is 13.5 Å². The van der Waals surface area contributed by atoms with Crippen molar-refractivity contribution in [2.45, 2.75) is 11.3 Å². The lowest BCUT2D eigenvalue weighted by Crippen LogP contribution is -2.26. The highest BCUT2D eigenvalue weighted by Gasteiger charge is 2.16. The standard InChI is InChI=1S/C14H15BrN2O3S/c15-11-3-6-14(13(16)9-11)21(19,20)17-8-7-10-1-4-12(18)5-2-10/h1-6,9,17-18H,7-8,16H2. The number of sulfonamides is 1. The molecule has 0 aliphatic rings. The maximum atomic E-state index is 12.2. The van der Waals surface area contributed by atoms with Crippen molar-refractivity contribution in [2.24, 2.45) is 0 Å². The third-order valence-electron chi connectivity index (χ3n) is 2.90. The van der Waals surface area contributed by atoms with Gasteiger partial charge in [-0.05, 0) is 42.3 Å². The monoisotopic (exact) mass is 370 g/mol. The molecule has 0 radical (unpaired) electrons. The van der Waals surface area contributed by atoms with Crippen LogP contribution in [0.4, 0.5) is 5.69 Å². The number of nitrogen functional groups attached to an aromatic ring is 1. The van der Waals surface area contributed by atoms with Crippen molar-refractivity contribution in [1.82, 2.24) is 4.72 Å². The number of phenols is 1. The maximum absolute atomic E-state index is 12.2. The van der Waals surface area contributed by atoms with E-state index in [0.717, 1.165) is 10.0 Å². The van der Waals surface area contributed by atoms with Crippen LogP contribution in [0.1, 0.15) is 5.56 Å². The Bertz CT molecular complexity index is 730. The van der Waals surface area contributed by atoms with Gasteiger partial charge in [-0.25, -0.2) is 13.1 Å². The van der Waals surface area contributed by atoms with Crippen LogP contribution >= 0.6 is 15.9 Å². The van der Waals surface area contributed by atoms with Crippen LogP contribution in [0.25, 0.3) is 0 Å². The van der Waals surface area contributed by atoms with Gasteiger partial charge in [-0.15, -0.1) is 0 Å². The van der Waals surface area contributed by atoms with Gasteiger partial charge >= 0.3 is 0 Å². The van der Waals surface area contributed by atoms with Gasteiger partial charge in [0.15, 0.2) is 0 Å². The van der Waals surface area contributed by atoms with E-state index in [-0.39, 0.29) is 22.9 Å². The van der Waals surface area contributed by atoms with Crippen LogP contribution in [0, 0.1) is 0 Å². The van der Waals surface area contributed by atoms with Crippen molar-refractivity contribution in [3.05, 3.63) is 52.5 Å². The first-order chi connectivity index (χ1) is 9.88. The minimum atomic E-state index is -3.63. The third-order valence-corrected chi connectivity index (χ3v) is 4.93. The lowest BCUT2D eigenvalue weighted by Gasteiger charge is -2.09. The first-order valence-electron chi connectivity index (χ1n) is 6.21. The largest absolute Gasteiger partial charge is 0.508 e. The molecule has 0 aliphatic heterocycles. The van der Waals surface area contributed by atoms with E-state index in [0.29, 0.717) is 6.42 Å². The minimum Gasteiger partial charge on any atom is -0.508 e.